The minimum atomic E-state index is -0.489. The topological polar surface area (TPSA) is 81.1 Å². The van der Waals surface area contributed by atoms with Crippen molar-refractivity contribution in [3.8, 4) is 0 Å². The lowest BCUT2D eigenvalue weighted by atomic mass is 10.1. The molecule has 0 aliphatic carbocycles. The minimum absolute atomic E-state index is 0.0270. The molecule has 2 aromatic carbocycles. The molecule has 0 saturated heterocycles. The van der Waals surface area contributed by atoms with Gasteiger partial charge in [0.15, 0.2) is 10.9 Å². The first-order valence-corrected chi connectivity index (χ1v) is 13.1. The largest absolute Gasteiger partial charge is 0.325 e. The number of thioether (sulfide) groups is 1. The van der Waals surface area contributed by atoms with Crippen molar-refractivity contribution in [2.75, 3.05) is 5.32 Å². The molecule has 1 atom stereocenters. The Morgan fingerprint density at radius 1 is 1.09 bits per heavy atom. The number of nitrogens with zero attached hydrogens (tertiary/aromatic N) is 2. The third-order valence-electron chi connectivity index (χ3n) is 5.93. The third kappa shape index (κ3) is 5.55. The summed E-state index contributed by atoms with van der Waals surface area (Å²) in [4.78, 5) is 44.5. The van der Waals surface area contributed by atoms with Crippen molar-refractivity contribution in [2.24, 2.45) is 0 Å². The highest BCUT2D eigenvalue weighted by Gasteiger charge is 2.22. The first kappa shape index (κ1) is 24.9. The van der Waals surface area contributed by atoms with E-state index in [4.69, 9.17) is 4.98 Å². The number of hydrogen-bond donors (Lipinski definition) is 1. The second kappa shape index (κ2) is 10.6. The number of amides is 1. The maximum absolute atomic E-state index is 13.5. The van der Waals surface area contributed by atoms with Gasteiger partial charge in [-0.3, -0.25) is 19.0 Å². The zero-order valence-electron chi connectivity index (χ0n) is 20.1. The lowest BCUT2D eigenvalue weighted by molar-refractivity contribution is -0.115. The molecule has 4 aromatic rings. The molecule has 1 amide bonds. The van der Waals surface area contributed by atoms with E-state index in [1.54, 1.807) is 35.8 Å². The van der Waals surface area contributed by atoms with Crippen LogP contribution in [-0.2, 0) is 17.8 Å². The summed E-state index contributed by atoms with van der Waals surface area (Å²) in [5.41, 5.74) is 3.23. The van der Waals surface area contributed by atoms with Crippen LogP contribution >= 0.6 is 23.1 Å². The van der Waals surface area contributed by atoms with Crippen molar-refractivity contribution in [2.45, 2.75) is 51.1 Å². The molecule has 2 heterocycles. The standard InChI is InChI=1S/C27H27N3O3S2/c1-16-18(3)34-25-23(16)26(33)30(15-14-20-8-6-5-7-9-20)27(29-25)35-19(4)24(32)28-22-12-10-21(11-13-22)17(2)31/h5-13,19H,14-15H2,1-4H3,(H,28,32). The van der Waals surface area contributed by atoms with E-state index in [-0.39, 0.29) is 17.2 Å². The van der Waals surface area contributed by atoms with E-state index in [0.717, 1.165) is 16.0 Å². The number of anilines is 1. The van der Waals surface area contributed by atoms with Crippen molar-refractivity contribution in [1.82, 2.24) is 9.55 Å². The van der Waals surface area contributed by atoms with Crippen LogP contribution in [0.1, 0.15) is 40.2 Å². The fraction of sp³-hybridized carbons (Fsp3) is 0.259. The first-order valence-electron chi connectivity index (χ1n) is 11.4. The Hall–Kier alpha value is -3.23. The van der Waals surface area contributed by atoms with E-state index < -0.39 is 5.25 Å². The van der Waals surface area contributed by atoms with Crippen LogP contribution in [0.15, 0.2) is 64.5 Å². The molecule has 0 spiro atoms. The zero-order valence-corrected chi connectivity index (χ0v) is 21.8. The molecule has 1 unspecified atom stereocenters. The maximum atomic E-state index is 13.5. The minimum Gasteiger partial charge on any atom is -0.325 e. The molecule has 0 bridgehead atoms. The van der Waals surface area contributed by atoms with Gasteiger partial charge in [-0.1, -0.05) is 42.1 Å². The number of carbonyl (C=O) groups excluding carboxylic acids is 2. The average Bonchev–Trinajstić information content (AvgIpc) is 3.12. The third-order valence-corrected chi connectivity index (χ3v) is 8.12. The molecule has 0 aliphatic rings. The number of ketones is 1. The number of aromatic nitrogens is 2. The second-order valence-corrected chi connectivity index (χ2v) is 10.9. The Morgan fingerprint density at radius 2 is 1.77 bits per heavy atom. The Bertz CT molecular complexity index is 1440. The number of aryl methyl sites for hydroxylation is 3. The normalized spacial score (nSPS) is 12.0. The Balaban J connectivity index is 1.60. The molecule has 1 N–H and O–H groups in total. The lowest BCUT2D eigenvalue weighted by Crippen LogP contribution is -2.27. The highest BCUT2D eigenvalue weighted by Crippen LogP contribution is 2.30. The first-order chi connectivity index (χ1) is 16.7. The summed E-state index contributed by atoms with van der Waals surface area (Å²) in [5.74, 6) is -0.228. The molecule has 0 fully saturated rings. The summed E-state index contributed by atoms with van der Waals surface area (Å²) in [6.45, 7) is 7.73. The number of rotatable bonds is 8. The molecule has 180 valence electrons. The molecule has 6 nitrogen and oxygen atoms in total. The van der Waals surface area contributed by atoms with E-state index in [9.17, 15) is 14.4 Å². The van der Waals surface area contributed by atoms with Gasteiger partial charge in [0.05, 0.1) is 10.6 Å². The Morgan fingerprint density at radius 3 is 2.43 bits per heavy atom. The van der Waals surface area contributed by atoms with Gasteiger partial charge in [0.2, 0.25) is 5.91 Å². The molecular formula is C27H27N3O3S2. The number of nitrogens with one attached hydrogen (secondary N) is 1. The van der Waals surface area contributed by atoms with E-state index in [2.05, 4.69) is 5.32 Å². The Labute approximate surface area is 212 Å². The molecule has 2 aromatic heterocycles. The molecule has 0 radical (unpaired) electrons. The van der Waals surface area contributed by atoms with E-state index >= 15 is 0 Å². The van der Waals surface area contributed by atoms with E-state index in [0.29, 0.717) is 39.6 Å². The molecular weight excluding hydrogens is 478 g/mol. The zero-order chi connectivity index (χ0) is 25.1. The molecule has 8 heteroatoms. The Kier molecular flexibility index (Phi) is 7.52. The van der Waals surface area contributed by atoms with Crippen LogP contribution in [0.2, 0.25) is 0 Å². The van der Waals surface area contributed by atoms with Crippen molar-refractivity contribution < 1.29 is 9.59 Å². The van der Waals surface area contributed by atoms with Gasteiger partial charge in [0.1, 0.15) is 4.83 Å². The predicted molar refractivity (Wildman–Crippen MR) is 144 cm³/mol. The van der Waals surface area contributed by atoms with Crippen LogP contribution < -0.4 is 10.9 Å². The van der Waals surface area contributed by atoms with Crippen LogP contribution in [0.3, 0.4) is 0 Å². The molecule has 4 rings (SSSR count). The monoisotopic (exact) mass is 505 g/mol. The number of Topliss-reactive ketones (excluding diaryl/α,β-unsaturated/α-hetero) is 1. The number of fused-ring (bicyclic) bond motifs is 1. The fourth-order valence-electron chi connectivity index (χ4n) is 3.73. The van der Waals surface area contributed by atoms with Gasteiger partial charge >= 0.3 is 0 Å². The van der Waals surface area contributed by atoms with E-state index in [1.165, 1.54) is 30.0 Å². The summed E-state index contributed by atoms with van der Waals surface area (Å²) in [7, 11) is 0. The molecule has 35 heavy (non-hydrogen) atoms. The highest BCUT2D eigenvalue weighted by molar-refractivity contribution is 8.00. The summed E-state index contributed by atoms with van der Waals surface area (Å²) >= 11 is 2.78. The molecule has 0 saturated carbocycles. The van der Waals surface area contributed by atoms with Crippen molar-refractivity contribution >= 4 is 50.7 Å². The summed E-state index contributed by atoms with van der Waals surface area (Å²) in [5, 5.41) is 3.59. The van der Waals surface area contributed by atoms with Gasteiger partial charge in [-0.2, -0.15) is 0 Å². The van der Waals surface area contributed by atoms with Crippen LogP contribution in [0, 0.1) is 13.8 Å². The summed E-state index contributed by atoms with van der Waals surface area (Å²) < 4.78 is 1.70. The highest BCUT2D eigenvalue weighted by atomic mass is 32.2. The number of hydrogen-bond acceptors (Lipinski definition) is 6. The van der Waals surface area contributed by atoms with Gasteiger partial charge in [-0.15, -0.1) is 11.3 Å². The van der Waals surface area contributed by atoms with Gasteiger partial charge in [-0.05, 0) is 69.5 Å². The van der Waals surface area contributed by atoms with Gasteiger partial charge in [0.25, 0.3) is 5.56 Å². The maximum Gasteiger partial charge on any atom is 0.263 e. The summed E-state index contributed by atoms with van der Waals surface area (Å²) in [6.07, 6.45) is 0.687. The molecule has 0 aliphatic heterocycles. The number of thiophene rings is 1. The van der Waals surface area contributed by atoms with Gasteiger partial charge in [-0.25, -0.2) is 4.98 Å². The van der Waals surface area contributed by atoms with Gasteiger partial charge < -0.3 is 5.32 Å². The number of benzene rings is 2. The second-order valence-electron chi connectivity index (χ2n) is 8.43. The number of carbonyl (C=O) groups is 2. The van der Waals surface area contributed by atoms with Crippen LogP contribution in [0.4, 0.5) is 5.69 Å². The lowest BCUT2D eigenvalue weighted by Gasteiger charge is -2.16. The van der Waals surface area contributed by atoms with Gasteiger partial charge in [0, 0.05) is 22.7 Å². The van der Waals surface area contributed by atoms with Crippen LogP contribution in [-0.4, -0.2) is 26.5 Å². The fourth-order valence-corrected chi connectivity index (χ4v) is 5.73. The average molecular weight is 506 g/mol. The van der Waals surface area contributed by atoms with Crippen LogP contribution in [0.25, 0.3) is 10.2 Å². The van der Waals surface area contributed by atoms with Crippen molar-refractivity contribution in [3.05, 3.63) is 86.5 Å². The summed E-state index contributed by atoms with van der Waals surface area (Å²) in [6, 6.07) is 16.8. The van der Waals surface area contributed by atoms with E-state index in [1.807, 2.05) is 44.2 Å². The van der Waals surface area contributed by atoms with Crippen molar-refractivity contribution in [3.63, 3.8) is 0 Å². The SMILES string of the molecule is CC(=O)c1ccc(NC(=O)C(C)Sc2nc3sc(C)c(C)c3c(=O)n2CCc2ccccc2)cc1. The smallest absolute Gasteiger partial charge is 0.263 e. The van der Waals surface area contributed by atoms with Crippen LogP contribution in [0.5, 0.6) is 0 Å². The predicted octanol–water partition coefficient (Wildman–Crippen LogP) is 5.64. The van der Waals surface area contributed by atoms with Crippen molar-refractivity contribution in [1.29, 1.82) is 0 Å². The quantitative estimate of drug-likeness (QED) is 0.190.